The van der Waals surface area contributed by atoms with Crippen LogP contribution in [0.1, 0.15) is 52.0 Å². The van der Waals surface area contributed by atoms with E-state index in [9.17, 15) is 29.4 Å². The zero-order valence-electron chi connectivity index (χ0n) is 22.0. The molecule has 3 atom stereocenters. The highest BCUT2D eigenvalue weighted by molar-refractivity contribution is 6.13. The third-order valence-corrected chi connectivity index (χ3v) is 6.71. The number of carboxylic acids is 1. The van der Waals surface area contributed by atoms with Crippen LogP contribution in [0.4, 0.5) is 5.69 Å². The van der Waals surface area contributed by atoms with Gasteiger partial charge in [-0.1, -0.05) is 30.3 Å². The van der Waals surface area contributed by atoms with Gasteiger partial charge in [-0.3, -0.25) is 19.4 Å². The van der Waals surface area contributed by atoms with Gasteiger partial charge in [0.15, 0.2) is 11.7 Å². The molecule has 2 unspecified atom stereocenters. The fourth-order valence-electron chi connectivity index (χ4n) is 4.78. The summed E-state index contributed by atoms with van der Waals surface area (Å²) in [4.78, 5) is 57.3. The number of aliphatic imine (C=N–C) groups is 1. The van der Waals surface area contributed by atoms with Gasteiger partial charge in [0.2, 0.25) is 11.8 Å². The van der Waals surface area contributed by atoms with Crippen molar-refractivity contribution >= 4 is 35.2 Å². The highest BCUT2D eigenvalue weighted by atomic mass is 16.4. The number of carboxylic acid groups (broad SMARTS) is 1. The number of amides is 2. The highest BCUT2D eigenvalue weighted by Gasteiger charge is 2.38. The van der Waals surface area contributed by atoms with E-state index in [4.69, 9.17) is 22.9 Å². The van der Waals surface area contributed by atoms with Gasteiger partial charge in [-0.2, -0.15) is 0 Å². The smallest absolute Gasteiger partial charge is 0.340 e. The molecule has 1 fully saturated rings. The van der Waals surface area contributed by atoms with Crippen molar-refractivity contribution in [2.45, 2.75) is 50.2 Å². The fourth-order valence-corrected chi connectivity index (χ4v) is 4.78. The first kappa shape index (κ1) is 29.9. The summed E-state index contributed by atoms with van der Waals surface area (Å²) < 4.78 is 0. The minimum absolute atomic E-state index is 0.0314. The second-order valence-corrected chi connectivity index (χ2v) is 9.59. The Hall–Kier alpha value is -4.65. The number of aromatic hydroxyl groups is 1. The third-order valence-electron chi connectivity index (χ3n) is 6.71. The molecule has 1 saturated heterocycles. The molecule has 0 saturated carbocycles. The Bertz CT molecular complexity index is 1280. The van der Waals surface area contributed by atoms with E-state index < -0.39 is 52.7 Å². The molecule has 1 aliphatic rings. The van der Waals surface area contributed by atoms with Crippen molar-refractivity contribution in [1.29, 1.82) is 0 Å². The van der Waals surface area contributed by atoms with Gasteiger partial charge in [-0.25, -0.2) is 4.79 Å². The molecule has 13 heteroatoms. The Morgan fingerprint density at radius 3 is 2.42 bits per heavy atom. The van der Waals surface area contributed by atoms with Gasteiger partial charge in [-0.15, -0.1) is 0 Å². The highest BCUT2D eigenvalue weighted by Crippen LogP contribution is 2.29. The van der Waals surface area contributed by atoms with Gasteiger partial charge in [-0.05, 0) is 49.8 Å². The van der Waals surface area contributed by atoms with Crippen LogP contribution in [-0.4, -0.2) is 75.9 Å². The minimum Gasteiger partial charge on any atom is -0.507 e. The number of Topliss-reactive ketones (excluding diaryl/α,β-unsaturated/α-hetero) is 1. The van der Waals surface area contributed by atoms with E-state index in [1.807, 2.05) is 30.3 Å². The van der Waals surface area contributed by atoms with Crippen molar-refractivity contribution in [2.24, 2.45) is 22.2 Å². The summed E-state index contributed by atoms with van der Waals surface area (Å²) >= 11 is 0. The number of ketones is 1. The van der Waals surface area contributed by atoms with Gasteiger partial charge >= 0.3 is 5.97 Å². The number of likely N-dealkylation sites (tertiary alicyclic amines) is 1. The van der Waals surface area contributed by atoms with E-state index in [-0.39, 0.29) is 36.9 Å². The summed E-state index contributed by atoms with van der Waals surface area (Å²) in [5, 5.41) is 22.4. The molecule has 0 bridgehead atoms. The number of carbonyl (C=O) groups excluding carboxylic acids is 3. The lowest BCUT2D eigenvalue weighted by Gasteiger charge is -2.28. The lowest BCUT2D eigenvalue weighted by atomic mass is 9.93. The van der Waals surface area contributed by atoms with Crippen molar-refractivity contribution < 1.29 is 29.4 Å². The molecule has 2 amide bonds. The van der Waals surface area contributed by atoms with Crippen molar-refractivity contribution in [3.63, 3.8) is 0 Å². The number of nitrogens with two attached hydrogens (primary N) is 4. The molecular formula is C27H35N7O6. The van der Waals surface area contributed by atoms with Crippen LogP contribution >= 0.6 is 0 Å². The van der Waals surface area contributed by atoms with E-state index in [0.29, 0.717) is 25.8 Å². The van der Waals surface area contributed by atoms with Crippen LogP contribution in [0.15, 0.2) is 47.5 Å². The summed E-state index contributed by atoms with van der Waals surface area (Å²) in [5.74, 6) is -4.13. The summed E-state index contributed by atoms with van der Waals surface area (Å²) in [5.41, 5.74) is 22.5. The number of benzene rings is 2. The molecule has 3 rings (SSSR count). The number of anilines is 1. The molecule has 0 radical (unpaired) electrons. The van der Waals surface area contributed by atoms with E-state index in [1.54, 1.807) is 0 Å². The van der Waals surface area contributed by atoms with Crippen LogP contribution in [0.25, 0.3) is 0 Å². The largest absolute Gasteiger partial charge is 0.507 e. The Balaban J connectivity index is 1.82. The number of phenols is 1. The first-order valence-corrected chi connectivity index (χ1v) is 12.9. The van der Waals surface area contributed by atoms with Crippen LogP contribution in [0, 0.1) is 0 Å². The Morgan fingerprint density at radius 2 is 1.77 bits per heavy atom. The van der Waals surface area contributed by atoms with Crippen molar-refractivity contribution in [1.82, 2.24) is 10.2 Å². The van der Waals surface area contributed by atoms with Crippen LogP contribution in [0.5, 0.6) is 5.75 Å². The Labute approximate surface area is 231 Å². The Morgan fingerprint density at radius 1 is 1.07 bits per heavy atom. The quantitative estimate of drug-likeness (QED) is 0.0461. The number of nitrogen functional groups attached to an aromatic ring is 1. The number of aromatic carboxylic acids is 1. The molecule has 214 valence electrons. The van der Waals surface area contributed by atoms with E-state index in [1.165, 1.54) is 11.0 Å². The van der Waals surface area contributed by atoms with Crippen LogP contribution < -0.4 is 28.3 Å². The predicted molar refractivity (Wildman–Crippen MR) is 149 cm³/mol. The normalized spacial score (nSPS) is 16.1. The summed E-state index contributed by atoms with van der Waals surface area (Å²) in [6.07, 6.45) is 1.51. The molecule has 2 aromatic rings. The second-order valence-electron chi connectivity index (χ2n) is 9.59. The number of hydrogen-bond donors (Lipinski definition) is 7. The van der Waals surface area contributed by atoms with Crippen LogP contribution in [0.3, 0.4) is 0 Å². The zero-order chi connectivity index (χ0) is 29.4. The van der Waals surface area contributed by atoms with Crippen molar-refractivity contribution in [2.75, 3.05) is 18.8 Å². The first-order chi connectivity index (χ1) is 19.0. The summed E-state index contributed by atoms with van der Waals surface area (Å²) in [6.45, 7) is 0.469. The fraction of sp³-hybridized carbons (Fsp3) is 0.370. The lowest BCUT2D eigenvalue weighted by molar-refractivity contribution is -0.139. The zero-order valence-corrected chi connectivity index (χ0v) is 22.0. The predicted octanol–water partition coefficient (Wildman–Crippen LogP) is -0.0453. The van der Waals surface area contributed by atoms with Gasteiger partial charge in [0, 0.05) is 18.8 Å². The number of carbonyl (C=O) groups is 4. The summed E-state index contributed by atoms with van der Waals surface area (Å²) in [6, 6.07) is 8.57. The molecule has 0 aliphatic carbocycles. The molecule has 40 heavy (non-hydrogen) atoms. The third kappa shape index (κ3) is 7.26. The number of guanidine groups is 1. The van der Waals surface area contributed by atoms with Crippen molar-refractivity contribution in [3.8, 4) is 5.75 Å². The molecule has 1 aliphatic heterocycles. The van der Waals surface area contributed by atoms with Gasteiger partial charge < -0.3 is 43.4 Å². The molecule has 11 N–H and O–H groups in total. The standard InChI is InChI=1S/C27H35N7O6/c28-16-10-11-20(35)22(26(39)40)21(16)23(36)18(8-4-12-32-27(30)31)33-24(37)19-9-5-13-34(19)25(38)17(29)14-15-6-2-1-3-7-15/h1-3,6-7,10-11,17-19,35H,4-5,8-9,12-14,28-29H2,(H,33,37)(H,39,40)(H4,30,31,32)/t17-,18?,19?/m1/s1. The molecule has 0 spiro atoms. The van der Waals surface area contributed by atoms with Crippen LogP contribution in [-0.2, 0) is 16.0 Å². The van der Waals surface area contributed by atoms with Gasteiger partial charge in [0.1, 0.15) is 17.4 Å². The molecule has 2 aromatic carbocycles. The van der Waals surface area contributed by atoms with Crippen molar-refractivity contribution in [3.05, 3.63) is 59.2 Å². The van der Waals surface area contributed by atoms with Gasteiger partial charge in [0.05, 0.1) is 17.6 Å². The molecule has 13 nitrogen and oxygen atoms in total. The molecule has 0 aromatic heterocycles. The monoisotopic (exact) mass is 553 g/mol. The van der Waals surface area contributed by atoms with Gasteiger partial charge in [0.25, 0.3) is 0 Å². The number of hydrogen-bond acceptors (Lipinski definition) is 8. The van der Waals surface area contributed by atoms with E-state index >= 15 is 0 Å². The topological polar surface area (TPSA) is 240 Å². The minimum atomic E-state index is -1.56. The number of nitrogens with one attached hydrogen (secondary N) is 1. The summed E-state index contributed by atoms with van der Waals surface area (Å²) in [7, 11) is 0. The van der Waals surface area contributed by atoms with Crippen LogP contribution in [0.2, 0.25) is 0 Å². The number of nitrogens with zero attached hydrogens (tertiary/aromatic N) is 2. The SMILES string of the molecule is NC(N)=NCCCC(NC(=O)C1CCCN1C(=O)[C@H](N)Cc1ccccc1)C(=O)c1c(N)ccc(O)c1C(=O)O. The average Bonchev–Trinajstić information content (AvgIpc) is 3.41. The maximum atomic E-state index is 13.6. The van der Waals surface area contributed by atoms with E-state index in [2.05, 4.69) is 10.3 Å². The number of rotatable bonds is 12. The molecule has 1 heterocycles. The first-order valence-electron chi connectivity index (χ1n) is 12.9. The molecular weight excluding hydrogens is 518 g/mol. The lowest BCUT2D eigenvalue weighted by Crippen LogP contribution is -2.54. The maximum Gasteiger partial charge on any atom is 0.340 e. The Kier molecular flexibility index (Phi) is 10.0. The maximum absolute atomic E-state index is 13.6. The van der Waals surface area contributed by atoms with E-state index in [0.717, 1.165) is 11.6 Å². The average molecular weight is 554 g/mol. The second kappa shape index (κ2) is 13.4.